The number of rotatable bonds is 2. The van der Waals surface area contributed by atoms with Crippen molar-refractivity contribution < 1.29 is 8.78 Å². The van der Waals surface area contributed by atoms with Crippen molar-refractivity contribution in [3.8, 4) is 0 Å². The summed E-state index contributed by atoms with van der Waals surface area (Å²) in [6.45, 7) is 1.92. The summed E-state index contributed by atoms with van der Waals surface area (Å²) in [5.74, 6) is -1.43. The maximum atomic E-state index is 13.7. The lowest BCUT2D eigenvalue weighted by atomic mass is 10.2. The minimum absolute atomic E-state index is 0.0771. The first kappa shape index (κ1) is 12.5. The molecular formula is C14H12F2N4. The third kappa shape index (κ3) is 1.99. The minimum atomic E-state index is -0.879. The van der Waals surface area contributed by atoms with E-state index in [1.165, 1.54) is 16.8 Å². The summed E-state index contributed by atoms with van der Waals surface area (Å²) in [5, 5.41) is 4.84. The van der Waals surface area contributed by atoms with E-state index in [-0.39, 0.29) is 12.1 Å². The highest BCUT2D eigenvalue weighted by atomic mass is 19.2. The normalized spacial score (nSPS) is 11.2. The van der Waals surface area contributed by atoms with Crippen LogP contribution in [-0.2, 0) is 6.54 Å². The molecule has 2 aromatic heterocycles. The van der Waals surface area contributed by atoms with Crippen LogP contribution < -0.4 is 5.73 Å². The molecule has 0 bridgehead atoms. The fourth-order valence-corrected chi connectivity index (χ4v) is 2.11. The molecule has 0 atom stereocenters. The second-order valence-electron chi connectivity index (χ2n) is 4.58. The molecule has 2 N–H and O–H groups in total. The summed E-state index contributed by atoms with van der Waals surface area (Å²) in [6.07, 6.45) is 0. The van der Waals surface area contributed by atoms with Crippen molar-refractivity contribution in [3.05, 3.63) is 53.2 Å². The molecule has 0 unspecified atom stereocenters. The minimum Gasteiger partial charge on any atom is -0.382 e. The summed E-state index contributed by atoms with van der Waals surface area (Å²) >= 11 is 0. The highest BCUT2D eigenvalue weighted by molar-refractivity contribution is 5.86. The van der Waals surface area contributed by atoms with Crippen LogP contribution in [0.15, 0.2) is 30.3 Å². The van der Waals surface area contributed by atoms with Gasteiger partial charge in [-0.25, -0.2) is 18.4 Å². The van der Waals surface area contributed by atoms with Crippen LogP contribution in [0, 0.1) is 18.6 Å². The van der Waals surface area contributed by atoms with Crippen LogP contribution in [0.2, 0.25) is 0 Å². The summed E-state index contributed by atoms with van der Waals surface area (Å²) in [5.41, 5.74) is 7.38. The number of pyridine rings is 1. The number of aryl methyl sites for hydroxylation is 1. The number of hydrogen-bond acceptors (Lipinski definition) is 3. The van der Waals surface area contributed by atoms with Crippen molar-refractivity contribution in [1.29, 1.82) is 0 Å². The van der Waals surface area contributed by atoms with Crippen LogP contribution in [0.25, 0.3) is 11.0 Å². The van der Waals surface area contributed by atoms with Gasteiger partial charge in [0.1, 0.15) is 0 Å². The molecular weight excluding hydrogens is 262 g/mol. The molecule has 2 heterocycles. The number of benzene rings is 1. The Bertz CT molecular complexity index is 795. The maximum Gasteiger partial charge on any atom is 0.163 e. The first-order valence-electron chi connectivity index (χ1n) is 6.09. The van der Waals surface area contributed by atoms with Crippen molar-refractivity contribution >= 4 is 16.9 Å². The third-order valence-corrected chi connectivity index (χ3v) is 3.11. The molecule has 0 aliphatic carbocycles. The second kappa shape index (κ2) is 4.56. The molecule has 0 amide bonds. The monoisotopic (exact) mass is 274 g/mol. The second-order valence-corrected chi connectivity index (χ2v) is 4.58. The molecule has 4 nitrogen and oxygen atoms in total. The Morgan fingerprint density at radius 2 is 2.00 bits per heavy atom. The van der Waals surface area contributed by atoms with Crippen LogP contribution >= 0.6 is 0 Å². The highest BCUT2D eigenvalue weighted by Gasteiger charge is 2.13. The average Bonchev–Trinajstić information content (AvgIpc) is 2.71. The first-order chi connectivity index (χ1) is 9.56. The molecule has 0 saturated heterocycles. The Balaban J connectivity index is 2.11. The van der Waals surface area contributed by atoms with Gasteiger partial charge in [-0.15, -0.1) is 0 Å². The van der Waals surface area contributed by atoms with E-state index in [2.05, 4.69) is 10.1 Å². The standard InChI is InChI=1S/C14H12F2N4/c1-8-5-6-10-13(17)19-20(14(10)18-8)7-9-3-2-4-11(15)12(9)16/h2-6H,7H2,1H3,(H2,17,19). The van der Waals surface area contributed by atoms with Crippen molar-refractivity contribution in [3.63, 3.8) is 0 Å². The first-order valence-corrected chi connectivity index (χ1v) is 6.09. The van der Waals surface area contributed by atoms with Crippen molar-refractivity contribution in [1.82, 2.24) is 14.8 Å². The quantitative estimate of drug-likeness (QED) is 0.781. The number of halogens is 2. The zero-order chi connectivity index (χ0) is 14.3. The Morgan fingerprint density at radius 3 is 2.80 bits per heavy atom. The SMILES string of the molecule is Cc1ccc2c(N)nn(Cc3cccc(F)c3F)c2n1. The number of fused-ring (bicyclic) bond motifs is 1. The number of nitrogen functional groups attached to an aromatic ring is 1. The Morgan fingerprint density at radius 1 is 1.20 bits per heavy atom. The molecule has 0 aliphatic rings. The van der Waals surface area contributed by atoms with Gasteiger partial charge in [0.2, 0.25) is 0 Å². The third-order valence-electron chi connectivity index (χ3n) is 3.11. The molecule has 0 aliphatic heterocycles. The molecule has 0 fully saturated rings. The van der Waals surface area contributed by atoms with Crippen molar-refractivity contribution in [2.75, 3.05) is 5.73 Å². The van der Waals surface area contributed by atoms with E-state index in [4.69, 9.17) is 5.73 Å². The Labute approximate surface area is 113 Å². The van der Waals surface area contributed by atoms with Gasteiger partial charge in [0.05, 0.1) is 11.9 Å². The fraction of sp³-hybridized carbons (Fsp3) is 0.143. The smallest absolute Gasteiger partial charge is 0.163 e. The summed E-state index contributed by atoms with van der Waals surface area (Å²) in [6, 6.07) is 7.70. The lowest BCUT2D eigenvalue weighted by Gasteiger charge is -2.05. The Hall–Kier alpha value is -2.50. The summed E-state index contributed by atoms with van der Waals surface area (Å²) in [4.78, 5) is 4.35. The lowest BCUT2D eigenvalue weighted by Crippen LogP contribution is -2.06. The van der Waals surface area contributed by atoms with Crippen LogP contribution in [0.1, 0.15) is 11.3 Å². The van der Waals surface area contributed by atoms with Crippen LogP contribution in [0.3, 0.4) is 0 Å². The number of aromatic nitrogens is 3. The van der Waals surface area contributed by atoms with Gasteiger partial charge in [0, 0.05) is 11.3 Å². The average molecular weight is 274 g/mol. The van der Waals surface area contributed by atoms with E-state index in [1.807, 2.05) is 19.1 Å². The van der Waals surface area contributed by atoms with Gasteiger partial charge in [-0.05, 0) is 25.1 Å². The van der Waals surface area contributed by atoms with Gasteiger partial charge < -0.3 is 5.73 Å². The van der Waals surface area contributed by atoms with Gasteiger partial charge in [-0.2, -0.15) is 5.10 Å². The van der Waals surface area contributed by atoms with E-state index < -0.39 is 11.6 Å². The van der Waals surface area contributed by atoms with E-state index in [0.29, 0.717) is 16.9 Å². The molecule has 3 aromatic rings. The van der Waals surface area contributed by atoms with Crippen molar-refractivity contribution in [2.24, 2.45) is 0 Å². The molecule has 0 spiro atoms. The van der Waals surface area contributed by atoms with Crippen molar-refractivity contribution in [2.45, 2.75) is 13.5 Å². The topological polar surface area (TPSA) is 56.7 Å². The molecule has 6 heteroatoms. The van der Waals surface area contributed by atoms with Gasteiger partial charge in [-0.3, -0.25) is 0 Å². The van der Waals surface area contributed by atoms with E-state index in [9.17, 15) is 8.78 Å². The maximum absolute atomic E-state index is 13.7. The summed E-state index contributed by atoms with van der Waals surface area (Å²) < 4.78 is 28.4. The van der Waals surface area contributed by atoms with E-state index in [0.717, 1.165) is 11.8 Å². The van der Waals surface area contributed by atoms with Crippen LogP contribution in [0.5, 0.6) is 0 Å². The van der Waals surface area contributed by atoms with Gasteiger partial charge in [0.25, 0.3) is 0 Å². The van der Waals surface area contributed by atoms with E-state index >= 15 is 0 Å². The number of anilines is 1. The molecule has 3 rings (SSSR count). The Kier molecular flexibility index (Phi) is 2.85. The molecule has 102 valence electrons. The number of nitrogens with zero attached hydrogens (tertiary/aromatic N) is 3. The van der Waals surface area contributed by atoms with Gasteiger partial charge in [-0.1, -0.05) is 12.1 Å². The number of hydrogen-bond donors (Lipinski definition) is 1. The van der Waals surface area contributed by atoms with Gasteiger partial charge >= 0.3 is 0 Å². The molecule has 0 radical (unpaired) electrons. The zero-order valence-corrected chi connectivity index (χ0v) is 10.8. The number of nitrogens with two attached hydrogens (primary N) is 1. The molecule has 1 aromatic carbocycles. The molecule has 20 heavy (non-hydrogen) atoms. The van der Waals surface area contributed by atoms with Crippen LogP contribution in [0.4, 0.5) is 14.6 Å². The zero-order valence-electron chi connectivity index (χ0n) is 10.8. The molecule has 0 saturated carbocycles. The lowest BCUT2D eigenvalue weighted by molar-refractivity contribution is 0.493. The summed E-state index contributed by atoms with van der Waals surface area (Å²) in [7, 11) is 0. The van der Waals surface area contributed by atoms with E-state index in [1.54, 1.807) is 0 Å². The predicted octanol–water partition coefficient (Wildman–Crippen LogP) is 2.65. The van der Waals surface area contributed by atoms with Gasteiger partial charge in [0.15, 0.2) is 23.1 Å². The predicted molar refractivity (Wildman–Crippen MR) is 72.1 cm³/mol. The highest BCUT2D eigenvalue weighted by Crippen LogP contribution is 2.21. The largest absolute Gasteiger partial charge is 0.382 e. The van der Waals surface area contributed by atoms with Crippen LogP contribution in [-0.4, -0.2) is 14.8 Å². The fourth-order valence-electron chi connectivity index (χ4n) is 2.11.